The molecule has 0 saturated heterocycles. The predicted octanol–water partition coefficient (Wildman–Crippen LogP) is 17.5. The highest BCUT2D eigenvalue weighted by Gasteiger charge is 2.30. The number of aromatic hydroxyl groups is 1. The molecule has 524 valence electrons. The molecule has 0 saturated carbocycles. The van der Waals surface area contributed by atoms with Crippen LogP contribution in [0.15, 0.2) is 103 Å². The third kappa shape index (κ3) is 14.2. The average Bonchev–Trinajstić information content (AvgIpc) is 1.59. The van der Waals surface area contributed by atoms with Gasteiger partial charge in [0.05, 0.1) is 11.1 Å². The lowest BCUT2D eigenvalue weighted by atomic mass is 9.97. The van der Waals surface area contributed by atoms with Crippen LogP contribution in [0.3, 0.4) is 0 Å². The Morgan fingerprint density at radius 2 is 0.832 bits per heavy atom. The number of phenols is 1. The van der Waals surface area contributed by atoms with Gasteiger partial charge < -0.3 is 38.9 Å². The summed E-state index contributed by atoms with van der Waals surface area (Å²) in [5.74, 6) is 1.69. The Kier molecular flexibility index (Phi) is 21.9. The predicted molar refractivity (Wildman–Crippen MR) is 414 cm³/mol. The van der Waals surface area contributed by atoms with Crippen LogP contribution in [0, 0.1) is 20.8 Å². The van der Waals surface area contributed by atoms with E-state index in [1.807, 2.05) is 94.7 Å². The van der Waals surface area contributed by atoms with Crippen LogP contribution in [0.4, 0.5) is 0 Å². The van der Waals surface area contributed by atoms with Crippen molar-refractivity contribution in [3.63, 3.8) is 0 Å². The van der Waals surface area contributed by atoms with Gasteiger partial charge in [0.25, 0.3) is 0 Å². The Bertz CT molecular complexity index is 5370. The van der Waals surface area contributed by atoms with Crippen LogP contribution in [0.5, 0.6) is 5.75 Å². The van der Waals surface area contributed by atoms with Crippen LogP contribution in [-0.4, -0.2) is 147 Å². The smallest absolute Gasteiger partial charge is 0.164 e. The molecule has 0 atom stereocenters. The lowest BCUT2D eigenvalue weighted by molar-refractivity contribution is 0.0986. The number of aromatic amines is 2. The Morgan fingerprint density at radius 1 is 0.426 bits per heavy atom. The number of H-pyrrole nitrogens is 2. The molecule has 16 rings (SSSR count). The minimum absolute atomic E-state index is 0. The number of phenolic OH excluding ortho intramolecular Hbond substituents is 1. The SMILES string of the molecule is CC(=O)c1c(O)ccc2c1c1c3c(ccc1n2CCCN(C)C)C(=O)CC3.CC(=O)c1cc2c(cc1C)[nH]c1ccc3c(c12)CCC3=O.CC(=O)c1cc2c3c4c(ccc3n(CCCN(C)C)c2cc1C)C(=O)CC4.CN(C)CCCCl.Cc1ccc2c(c1)[nH]c1ccc3c(c12)CCC3=O.Cl. The lowest BCUT2D eigenvalue weighted by Gasteiger charge is -2.12. The standard InChI is InChI=1S/C23H26N2O2.C22H24N2O3.C18H15NO2.C16H13NO.C5H12ClN.ClH/c1-14-12-21-19(13-18(14)15(2)26)23-17-7-9-22(27)16(17)6-8-20(23)25(21)11-5-10-24(3)4;1-13(25)20-19(27)10-8-17-22(20)21-15-6-9-18(26)14(15)5-7-16(21)24(17)12-4-11-23(2)3;1-9-7-16-14(8-13(9)10(2)20)18-12-4-6-17(21)11(12)3-5-15(18)19-16;1-9-2-3-12-14(8-9)17-13-6-4-10-11(16(12)13)5-7-15(10)18;1-7(2)5-3-4-6;/h6,8,12-13H,5,7,9-11H2,1-4H3;5,7-8,10,27H,4,6,9,11-12H2,1-3H3;3,5,7-8,19H,4,6H2,1-2H3;2-4,6,8,17H,5,7H2,1H3;3-5H2,1-2H3;1H. The van der Waals surface area contributed by atoms with E-state index in [4.69, 9.17) is 11.6 Å². The quantitative estimate of drug-likeness (QED) is 0.0693. The van der Waals surface area contributed by atoms with Crippen LogP contribution < -0.4 is 0 Å². The van der Waals surface area contributed by atoms with E-state index < -0.39 is 0 Å². The van der Waals surface area contributed by atoms with Crippen molar-refractivity contribution in [2.24, 2.45) is 0 Å². The second-order valence-corrected chi connectivity index (χ2v) is 28.8. The maximum absolute atomic E-state index is 12.4. The summed E-state index contributed by atoms with van der Waals surface area (Å²) in [5.41, 5.74) is 21.7. The minimum Gasteiger partial charge on any atom is -0.507 e. The minimum atomic E-state index is -0.160. The number of ketones is 7. The third-order valence-corrected chi connectivity index (χ3v) is 20.7. The number of hydrogen-bond donors (Lipinski definition) is 3. The number of aryl methyl sites for hydroxylation is 9. The summed E-state index contributed by atoms with van der Waals surface area (Å²) >= 11 is 5.42. The average molecular weight is 1400 g/mol. The molecule has 0 radical (unpaired) electrons. The summed E-state index contributed by atoms with van der Waals surface area (Å²) < 4.78 is 4.59. The first-order valence-corrected chi connectivity index (χ1v) is 35.5. The van der Waals surface area contributed by atoms with E-state index in [2.05, 4.69) is 99.2 Å². The van der Waals surface area contributed by atoms with E-state index in [-0.39, 0.29) is 58.6 Å². The highest BCUT2D eigenvalue weighted by atomic mass is 35.5. The van der Waals surface area contributed by atoms with Gasteiger partial charge in [0.2, 0.25) is 0 Å². The van der Waals surface area contributed by atoms with E-state index in [0.717, 1.165) is 198 Å². The number of rotatable bonds is 14. The second-order valence-electron chi connectivity index (χ2n) is 28.4. The van der Waals surface area contributed by atoms with Gasteiger partial charge in [0.15, 0.2) is 40.5 Å². The Morgan fingerprint density at radius 3 is 1.31 bits per heavy atom. The number of benzene rings is 8. The van der Waals surface area contributed by atoms with Gasteiger partial charge in [-0.25, -0.2) is 0 Å². The molecule has 12 aromatic rings. The topological polar surface area (TPSA) is 191 Å². The van der Waals surface area contributed by atoms with Gasteiger partial charge >= 0.3 is 0 Å². The molecule has 4 heterocycles. The summed E-state index contributed by atoms with van der Waals surface area (Å²) in [6.07, 6.45) is 8.62. The Labute approximate surface area is 600 Å². The van der Waals surface area contributed by atoms with Gasteiger partial charge in [-0.05, 0) is 278 Å². The van der Waals surface area contributed by atoms with Crippen LogP contribution in [0.1, 0.15) is 177 Å². The monoisotopic (exact) mass is 1400 g/mol. The fourth-order valence-electron chi connectivity index (χ4n) is 15.8. The zero-order chi connectivity index (χ0) is 71.3. The molecule has 0 spiro atoms. The Hall–Kier alpha value is -9.09. The van der Waals surface area contributed by atoms with Crippen LogP contribution in [0.25, 0.3) is 87.2 Å². The number of carbonyl (C=O) groups excluding carboxylic acids is 7. The molecule has 0 fully saturated rings. The number of Topliss-reactive ketones (excluding diaryl/α,β-unsaturated/α-hetero) is 7. The molecule has 0 bridgehead atoms. The zero-order valence-electron chi connectivity index (χ0n) is 60.2. The van der Waals surface area contributed by atoms with Gasteiger partial charge in [-0.2, -0.15) is 0 Å². The number of nitrogens with zero attached hydrogens (tertiary/aromatic N) is 5. The van der Waals surface area contributed by atoms with E-state index in [1.165, 1.54) is 45.2 Å². The normalized spacial score (nSPS) is 13.7. The second kappa shape index (κ2) is 30.2. The van der Waals surface area contributed by atoms with Crippen molar-refractivity contribution in [2.75, 3.05) is 67.8 Å². The summed E-state index contributed by atoms with van der Waals surface area (Å²) in [4.78, 5) is 97.9. The molecule has 15 nitrogen and oxygen atoms in total. The number of halogens is 2. The number of alkyl halides is 1. The van der Waals surface area contributed by atoms with E-state index >= 15 is 0 Å². The summed E-state index contributed by atoms with van der Waals surface area (Å²) in [5, 5.41) is 19.1. The highest BCUT2D eigenvalue weighted by molar-refractivity contribution is 6.23. The number of aromatic nitrogens is 4. The molecule has 8 aromatic carbocycles. The summed E-state index contributed by atoms with van der Waals surface area (Å²) in [6.45, 7) is 15.6. The van der Waals surface area contributed by atoms with Gasteiger partial charge in [-0.3, -0.25) is 33.6 Å². The maximum Gasteiger partial charge on any atom is 0.164 e. The first kappa shape index (κ1) is 73.1. The third-order valence-electron chi connectivity index (χ3n) is 20.4. The van der Waals surface area contributed by atoms with E-state index in [0.29, 0.717) is 37.7 Å². The van der Waals surface area contributed by atoms with Crippen molar-refractivity contribution >= 4 is 152 Å². The summed E-state index contributed by atoms with van der Waals surface area (Å²) in [6, 6.07) is 34.0. The molecule has 4 aliphatic carbocycles. The van der Waals surface area contributed by atoms with Crippen LogP contribution in [-0.2, 0) is 38.8 Å². The molecule has 3 N–H and O–H groups in total. The first-order valence-electron chi connectivity index (χ1n) is 35.0. The van der Waals surface area contributed by atoms with Crippen LogP contribution in [0.2, 0.25) is 0 Å². The molecule has 0 amide bonds. The van der Waals surface area contributed by atoms with Gasteiger partial charge in [-0.1, -0.05) is 12.1 Å². The molecular formula is C84H91Cl2N7O8. The number of carbonyl (C=O) groups is 7. The van der Waals surface area contributed by atoms with E-state index in [9.17, 15) is 38.7 Å². The fraction of sp³-hybridized carbons (Fsp3) is 0.345. The molecule has 101 heavy (non-hydrogen) atoms. The maximum atomic E-state index is 12.4. The first-order chi connectivity index (χ1) is 47.8. The van der Waals surface area contributed by atoms with E-state index in [1.54, 1.807) is 19.9 Å². The molecule has 0 unspecified atom stereocenters. The van der Waals surface area contributed by atoms with Gasteiger partial charge in [0, 0.05) is 160 Å². The number of hydrogen-bond acceptors (Lipinski definition) is 11. The van der Waals surface area contributed by atoms with Crippen LogP contribution >= 0.6 is 24.0 Å². The molecule has 4 aliphatic rings. The van der Waals surface area contributed by atoms with Crippen molar-refractivity contribution in [3.8, 4) is 5.75 Å². The van der Waals surface area contributed by atoms with Crippen molar-refractivity contribution in [3.05, 3.63) is 181 Å². The van der Waals surface area contributed by atoms with Gasteiger partial charge in [-0.15, -0.1) is 24.0 Å². The fourth-order valence-corrected chi connectivity index (χ4v) is 15.9. The number of fused-ring (bicyclic) bond motifs is 20. The van der Waals surface area contributed by atoms with Gasteiger partial charge in [0.1, 0.15) is 5.75 Å². The lowest BCUT2D eigenvalue weighted by Crippen LogP contribution is -2.15. The molecule has 4 aromatic heterocycles. The molecular weight excluding hydrogens is 1310 g/mol. The number of nitrogens with one attached hydrogen (secondary N) is 2. The van der Waals surface area contributed by atoms with Crippen molar-refractivity contribution in [1.29, 1.82) is 0 Å². The van der Waals surface area contributed by atoms with Crippen molar-refractivity contribution in [2.45, 2.75) is 125 Å². The molecule has 17 heteroatoms. The van der Waals surface area contributed by atoms with Crippen molar-refractivity contribution in [1.82, 2.24) is 33.8 Å². The largest absolute Gasteiger partial charge is 0.507 e. The Balaban J connectivity index is 0.000000132. The zero-order valence-corrected chi connectivity index (χ0v) is 61.7. The van der Waals surface area contributed by atoms with Crippen molar-refractivity contribution < 1.29 is 38.7 Å². The molecule has 0 aliphatic heterocycles. The summed E-state index contributed by atoms with van der Waals surface area (Å²) in [7, 11) is 12.4. The highest BCUT2D eigenvalue weighted by Crippen LogP contribution is 2.43.